The minimum atomic E-state index is -3.83. The van der Waals surface area contributed by atoms with Gasteiger partial charge in [-0.3, -0.25) is 56.1 Å². The number of H-pyrrole nitrogens is 1. The van der Waals surface area contributed by atoms with E-state index in [0.29, 0.717) is 118 Å². The van der Waals surface area contributed by atoms with Gasteiger partial charge in [-0.15, -0.1) is 10.2 Å². The van der Waals surface area contributed by atoms with E-state index in [1.54, 1.807) is 95.4 Å². The first-order chi connectivity index (χ1) is 66.2. The van der Waals surface area contributed by atoms with Gasteiger partial charge in [-0.1, -0.05) is 81.1 Å². The number of rotatable bonds is 30. The van der Waals surface area contributed by atoms with Crippen molar-refractivity contribution in [3.05, 3.63) is 250 Å². The van der Waals surface area contributed by atoms with Crippen LogP contribution in [0, 0.1) is 0 Å². The van der Waals surface area contributed by atoms with Crippen LogP contribution in [0.4, 0.5) is 22.7 Å². The van der Waals surface area contributed by atoms with Crippen LogP contribution in [-0.4, -0.2) is 232 Å². The maximum absolute atomic E-state index is 13.2. The van der Waals surface area contributed by atoms with Crippen LogP contribution in [0.3, 0.4) is 0 Å². The summed E-state index contributed by atoms with van der Waals surface area (Å²) in [6.07, 6.45) is 12.0. The fourth-order valence-corrected chi connectivity index (χ4v) is 21.2. The van der Waals surface area contributed by atoms with Gasteiger partial charge in [0.1, 0.15) is 22.8 Å². The quantitative estimate of drug-likeness (QED) is 0.0194. The molecule has 0 unspecified atom stereocenters. The summed E-state index contributed by atoms with van der Waals surface area (Å²) in [5.74, 6) is -1.32. The van der Waals surface area contributed by atoms with E-state index in [2.05, 4.69) is 126 Å². The summed E-state index contributed by atoms with van der Waals surface area (Å²) >= 11 is 13.7. The summed E-state index contributed by atoms with van der Waals surface area (Å²) in [7, 11) is -8.23. The van der Waals surface area contributed by atoms with E-state index >= 15 is 0 Å². The molecule has 9 aromatic carbocycles. The molecule has 38 nitrogen and oxygen atoms in total. The summed E-state index contributed by atoms with van der Waals surface area (Å²) in [5, 5.41) is 48.0. The summed E-state index contributed by atoms with van der Waals surface area (Å²) in [6, 6.07) is 50.7. The highest BCUT2D eigenvalue weighted by Gasteiger charge is 2.41. The lowest BCUT2D eigenvalue weighted by Crippen LogP contribution is -2.41. The molecular weight excluding hydrogens is 2130 g/mol. The summed E-state index contributed by atoms with van der Waals surface area (Å²) in [4.78, 5) is 90.8. The Hall–Kier alpha value is -12.7. The lowest BCUT2D eigenvalue weighted by molar-refractivity contribution is -0.120. The van der Waals surface area contributed by atoms with Gasteiger partial charge in [0, 0.05) is 93.8 Å². The van der Waals surface area contributed by atoms with Gasteiger partial charge >= 0.3 is 0 Å². The van der Waals surface area contributed by atoms with Crippen LogP contribution >= 0.6 is 63.7 Å². The van der Waals surface area contributed by atoms with Crippen LogP contribution in [0.2, 0.25) is 0 Å². The SMILES string of the molecule is CNC(=O)c1c2cc(C3CC3)c(N(CCN)S(C)(=O)=O)cc2nn1-c1ccc(Br)cc1.CNC(=O)c1c2cc(C3CC3)c(N(CCN3C(=O)c4ccccc4C3=O)S(C)(=O)=O)cc2nn1-c1ccc(Br)cc1.CNC(=O)c1c2cc(C3CC3)c(N(CCNC(=O)Cc3nn[nH]n3)S(C)(=O)=O)cc2nn1-c1ccc(Br)cc1.CNC(=O)c1c2cc(C3CC3)c(NS(C)(=O)=O)cc2nn1-c1ccc(Br)cc1. The summed E-state index contributed by atoms with van der Waals surface area (Å²) in [6.45, 7) is 0.232. The molecule has 4 fully saturated rings. The van der Waals surface area contributed by atoms with Gasteiger partial charge in [0.05, 0.1) is 123 Å². The van der Waals surface area contributed by atoms with Gasteiger partial charge < -0.3 is 32.3 Å². The molecule has 0 bridgehead atoms. The molecule has 6 heterocycles. The van der Waals surface area contributed by atoms with Crippen LogP contribution in [0.1, 0.15) is 166 Å². The lowest BCUT2D eigenvalue weighted by atomic mass is 10.0. The molecule has 4 saturated carbocycles. The smallest absolute Gasteiger partial charge is 0.270 e. The number of hydrogen-bond donors (Lipinski definition) is 8. The number of halogens is 4. The third-order valence-corrected chi connectivity index (χ3v) is 30.1. The van der Waals surface area contributed by atoms with E-state index in [-0.39, 0.29) is 98.8 Å². The van der Waals surface area contributed by atoms with E-state index in [4.69, 9.17) is 15.9 Å². The third-order valence-electron chi connectivity index (χ3n) is 23.8. The highest BCUT2D eigenvalue weighted by Crippen LogP contribution is 2.51. The third kappa shape index (κ3) is 22.0. The van der Waals surface area contributed by atoms with Crippen molar-refractivity contribution < 1.29 is 67.2 Å². The molecule has 0 saturated heterocycles. The largest absolute Gasteiger partial charge is 0.354 e. The number of tetrazole rings is 1. The number of carbonyl (C=O) groups excluding carboxylic acids is 7. The van der Waals surface area contributed by atoms with Crippen molar-refractivity contribution in [2.45, 2.75) is 81.5 Å². The normalized spacial score (nSPS) is 14.2. The standard InChI is InChI=1S/C29H26BrN5O5S.C24H26BrN9O4S.C21H24BrN5O3S.C19H19BrN4O3S/c1-31-27(36)26-23-15-22(17-7-8-17)25(16-24(23)32-35(26)19-11-9-18(30)10-12-19)34(41(2,39)40)14-13-33-28(37)20-5-3-4-6-21(20)29(33)38;1-26-24(36)23-18-11-17(14-3-4-14)20(12-19(18)30-34(23)16-7-5-15(25)6-8-16)33(39(2,37)38)10-9-27-22(35)13-21-28-31-32-29-21;1-24-21(28)20-17-11-16(13-3-4-13)19(26(10-9-23)31(2,29)30)12-18(17)25-27(20)15-7-5-14(22)6-8-15;1-21-19(25)18-15-9-14(11-3-4-11)17(23-28(2,26)27)10-16(15)22-24(18)13-7-5-12(20)6-8-13/h3-6,9-12,15-17H,7-8,13-14H2,1-2H3,(H,31,36);5-8,11-12,14H,3-4,9-10,13H2,1-2H3,(H,26,36)(H,27,35)(H,28,29,31,32);5-8,11-13H,3-4,9-10,23H2,1-2H3,(H,24,28);5-11,23H,3-4H2,1-2H3,(H,21,25). The molecule has 0 atom stereocenters. The number of fused-ring (bicyclic) bond motifs is 5. The highest BCUT2D eigenvalue weighted by atomic mass is 79.9. The molecular formula is C93H95Br4N23O15S4. The number of hydrogen-bond acceptors (Lipinski definition) is 23. The maximum Gasteiger partial charge on any atom is 0.270 e. The predicted octanol–water partition coefficient (Wildman–Crippen LogP) is 11.9. The van der Waals surface area contributed by atoms with Crippen LogP contribution in [0.15, 0.2) is 188 Å². The second-order valence-corrected chi connectivity index (χ2v) is 45.1. The molecule has 0 radical (unpaired) electrons. The van der Waals surface area contributed by atoms with Crippen molar-refractivity contribution in [1.29, 1.82) is 0 Å². The molecule has 139 heavy (non-hydrogen) atoms. The number of nitrogens with one attached hydrogen (secondary N) is 7. The Balaban J connectivity index is 0.000000135. The Morgan fingerprint density at radius 2 is 0.734 bits per heavy atom. The van der Waals surface area contributed by atoms with Crippen LogP contribution in [0.25, 0.3) is 66.4 Å². The fraction of sp³-hybridized carbons (Fsp3) is 0.290. The Labute approximate surface area is 833 Å². The maximum atomic E-state index is 13.2. The second kappa shape index (κ2) is 40.6. The number of carbonyl (C=O) groups is 7. The van der Waals surface area contributed by atoms with Gasteiger partial charge in [0.25, 0.3) is 35.4 Å². The first kappa shape index (κ1) is 99.3. The molecule has 14 aromatic rings. The van der Waals surface area contributed by atoms with Crippen molar-refractivity contribution in [1.82, 2.24) is 91.2 Å². The number of imide groups is 1. The number of aromatic nitrogens is 12. The van der Waals surface area contributed by atoms with Gasteiger partial charge in [-0.05, 0) is 255 Å². The minimum absolute atomic E-state index is 0.0117. The molecule has 724 valence electrons. The summed E-state index contributed by atoms with van der Waals surface area (Å²) < 4.78 is 117. The van der Waals surface area contributed by atoms with Crippen LogP contribution in [0.5, 0.6) is 0 Å². The second-order valence-electron chi connectivity index (χ2n) is 33.9. The number of nitrogens with zero attached hydrogens (tertiary/aromatic N) is 15. The van der Waals surface area contributed by atoms with Crippen molar-refractivity contribution in [2.24, 2.45) is 5.73 Å². The number of aromatic amines is 1. The van der Waals surface area contributed by atoms with E-state index in [1.807, 2.05) is 121 Å². The Morgan fingerprint density at radius 1 is 0.424 bits per heavy atom. The minimum Gasteiger partial charge on any atom is -0.354 e. The number of sulfonamides is 4. The summed E-state index contributed by atoms with van der Waals surface area (Å²) in [5.41, 5.74) is 18.2. The van der Waals surface area contributed by atoms with Crippen molar-refractivity contribution >= 4 is 212 Å². The van der Waals surface area contributed by atoms with Crippen molar-refractivity contribution in [2.75, 3.05) is 110 Å². The van der Waals surface area contributed by atoms with E-state index in [1.165, 1.54) is 19.2 Å². The highest BCUT2D eigenvalue weighted by molar-refractivity contribution is 9.11. The Morgan fingerprint density at radius 3 is 1.03 bits per heavy atom. The average Bonchev–Trinajstić information content (AvgIpc) is 1.60. The molecule has 7 amide bonds. The van der Waals surface area contributed by atoms with Crippen molar-refractivity contribution in [3.8, 4) is 22.7 Å². The van der Waals surface area contributed by atoms with Gasteiger partial charge in [0.15, 0.2) is 5.82 Å². The first-order valence-electron chi connectivity index (χ1n) is 44.0. The zero-order chi connectivity index (χ0) is 99.2. The van der Waals surface area contributed by atoms with Gasteiger partial charge in [-0.25, -0.2) is 52.4 Å². The molecule has 46 heteroatoms. The zero-order valence-corrected chi connectivity index (χ0v) is 85.7. The molecule has 5 aromatic heterocycles. The molecule has 5 aliphatic rings. The van der Waals surface area contributed by atoms with Gasteiger partial charge in [0.2, 0.25) is 46.0 Å². The Bertz CT molecular complexity index is 7670. The lowest BCUT2D eigenvalue weighted by Gasteiger charge is -2.27. The molecule has 1 aliphatic heterocycles. The first-order valence-corrected chi connectivity index (χ1v) is 54.6. The zero-order valence-electron chi connectivity index (χ0n) is 76.1. The number of anilines is 4. The predicted molar refractivity (Wildman–Crippen MR) is 543 cm³/mol. The monoisotopic (exact) mass is 2220 g/mol. The Kier molecular flexibility index (Phi) is 29.0. The fourth-order valence-electron chi connectivity index (χ4n) is 16.7. The van der Waals surface area contributed by atoms with Crippen LogP contribution in [-0.2, 0) is 51.3 Å². The molecule has 9 N–H and O–H groups in total. The van der Waals surface area contributed by atoms with E-state index < -0.39 is 51.9 Å². The number of benzene rings is 9. The number of amides is 7. The average molecular weight is 2220 g/mol. The molecule has 0 spiro atoms. The van der Waals surface area contributed by atoms with Gasteiger partial charge in [-0.2, -0.15) is 25.6 Å². The topological polar surface area (TPSA) is 493 Å². The van der Waals surface area contributed by atoms with E-state index in [9.17, 15) is 67.2 Å². The van der Waals surface area contributed by atoms with Crippen LogP contribution < -0.4 is 50.0 Å². The number of nitrogens with two attached hydrogens (primary N) is 1. The molecule has 4 aliphatic carbocycles. The van der Waals surface area contributed by atoms with E-state index in [0.717, 1.165) is 127 Å². The molecule has 19 rings (SSSR count). The van der Waals surface area contributed by atoms with Crippen molar-refractivity contribution in [3.63, 3.8) is 0 Å².